The van der Waals surface area contributed by atoms with Gasteiger partial charge in [-0.15, -0.1) is 11.3 Å². The highest BCUT2D eigenvalue weighted by Gasteiger charge is 2.23. The second-order valence-electron chi connectivity index (χ2n) is 5.57. The maximum atomic E-state index is 5.57. The van der Waals surface area contributed by atoms with Crippen LogP contribution in [-0.4, -0.2) is 26.6 Å². The molecule has 0 aliphatic carbocycles. The van der Waals surface area contributed by atoms with Gasteiger partial charge >= 0.3 is 0 Å². The summed E-state index contributed by atoms with van der Waals surface area (Å²) in [5, 5.41) is 5.56. The molecule has 0 amide bonds. The van der Waals surface area contributed by atoms with E-state index in [-0.39, 0.29) is 6.04 Å². The molecule has 0 unspecified atom stereocenters. The summed E-state index contributed by atoms with van der Waals surface area (Å²) in [6.07, 6.45) is 5.30. The molecule has 3 aromatic heterocycles. The number of benzene rings is 1. The average Bonchev–Trinajstić information content (AvgIpc) is 3.29. The van der Waals surface area contributed by atoms with E-state index in [0.29, 0.717) is 0 Å². The van der Waals surface area contributed by atoms with Crippen molar-refractivity contribution in [2.45, 2.75) is 6.04 Å². The van der Waals surface area contributed by atoms with Crippen LogP contribution in [0.2, 0.25) is 0 Å². The molecule has 0 fully saturated rings. The number of ether oxygens (including phenoxy) is 1. The van der Waals surface area contributed by atoms with E-state index in [1.54, 1.807) is 31.0 Å². The molecule has 1 aromatic carbocycles. The van der Waals surface area contributed by atoms with E-state index in [9.17, 15) is 0 Å². The van der Waals surface area contributed by atoms with E-state index in [2.05, 4.69) is 20.3 Å². The minimum absolute atomic E-state index is 0.198. The molecule has 4 rings (SSSR count). The fraction of sp³-hybridized carbons (Fsp3) is 0.167. The molecular weight excluding hydrogens is 334 g/mol. The number of anilines is 1. The minimum atomic E-state index is -0.198. The van der Waals surface area contributed by atoms with E-state index in [0.717, 1.165) is 33.2 Å². The number of aromatic nitrogens is 4. The van der Waals surface area contributed by atoms with Crippen molar-refractivity contribution < 1.29 is 4.74 Å². The number of hydrogen-bond donors (Lipinski definition) is 1. The van der Waals surface area contributed by atoms with Gasteiger partial charge in [0.25, 0.3) is 0 Å². The second kappa shape index (κ2) is 6.52. The average molecular weight is 351 g/mol. The lowest BCUT2D eigenvalue weighted by Crippen LogP contribution is -2.18. The van der Waals surface area contributed by atoms with E-state index in [1.807, 2.05) is 53.5 Å². The third kappa shape index (κ3) is 2.83. The van der Waals surface area contributed by atoms with Crippen molar-refractivity contribution >= 4 is 27.4 Å². The van der Waals surface area contributed by atoms with E-state index in [1.165, 1.54) is 0 Å². The number of rotatable bonds is 5. The summed E-state index contributed by atoms with van der Waals surface area (Å²) in [5.74, 6) is 2.48. The normalized spacial score (nSPS) is 12.2. The van der Waals surface area contributed by atoms with Crippen LogP contribution < -0.4 is 10.1 Å². The quantitative estimate of drug-likeness (QED) is 0.595. The molecular formula is C18H17N5OS. The van der Waals surface area contributed by atoms with Crippen LogP contribution in [-0.2, 0) is 7.05 Å². The van der Waals surface area contributed by atoms with Crippen LogP contribution in [0, 0.1) is 0 Å². The Hall–Kier alpha value is -2.93. The number of hydrogen-bond acceptors (Lipinski definition) is 6. The fourth-order valence-corrected chi connectivity index (χ4v) is 3.67. The Morgan fingerprint density at radius 1 is 1.16 bits per heavy atom. The molecule has 126 valence electrons. The number of nitrogens with one attached hydrogen (secondary N) is 1. The first-order valence-corrected chi connectivity index (χ1v) is 8.71. The number of nitrogens with zero attached hydrogens (tertiary/aromatic N) is 4. The van der Waals surface area contributed by atoms with Crippen molar-refractivity contribution in [2.75, 3.05) is 12.4 Å². The maximum absolute atomic E-state index is 5.57. The number of aryl methyl sites for hydroxylation is 1. The van der Waals surface area contributed by atoms with Crippen LogP contribution in [0.5, 0.6) is 5.75 Å². The summed E-state index contributed by atoms with van der Waals surface area (Å²) < 4.78 is 8.59. The van der Waals surface area contributed by atoms with E-state index < -0.39 is 0 Å². The molecule has 0 radical (unpaired) electrons. The number of methoxy groups -OCH3 is 1. The smallest absolute Gasteiger partial charge is 0.148 e. The standard InChI is InChI=1S/C18H17N5OS/c1-23-9-8-19-18(23)15(12-5-3-4-6-14(12)24-2)22-17-16-13(7-10-25-16)20-11-21-17/h3-11,15H,1-2H3,(H,20,21,22)/t15-/m1/s1. The van der Waals surface area contributed by atoms with Gasteiger partial charge in [0.15, 0.2) is 0 Å². The van der Waals surface area contributed by atoms with Crippen molar-refractivity contribution in [3.63, 3.8) is 0 Å². The van der Waals surface area contributed by atoms with Gasteiger partial charge in [0.1, 0.15) is 29.8 Å². The van der Waals surface area contributed by atoms with Crippen molar-refractivity contribution in [1.29, 1.82) is 0 Å². The highest BCUT2D eigenvalue weighted by atomic mass is 32.1. The van der Waals surface area contributed by atoms with Gasteiger partial charge in [-0.1, -0.05) is 18.2 Å². The molecule has 0 saturated carbocycles. The molecule has 0 bridgehead atoms. The Kier molecular flexibility index (Phi) is 4.07. The third-order valence-corrected chi connectivity index (χ3v) is 5.00. The Balaban J connectivity index is 1.84. The number of para-hydroxylation sites is 1. The molecule has 7 heteroatoms. The molecule has 3 heterocycles. The predicted octanol–water partition coefficient (Wildman–Crippen LogP) is 3.63. The molecule has 0 aliphatic heterocycles. The lowest BCUT2D eigenvalue weighted by atomic mass is 10.0. The van der Waals surface area contributed by atoms with Gasteiger partial charge in [0, 0.05) is 25.0 Å². The Morgan fingerprint density at radius 2 is 2.04 bits per heavy atom. The number of thiophene rings is 1. The Bertz CT molecular complexity index is 1010. The lowest BCUT2D eigenvalue weighted by molar-refractivity contribution is 0.408. The highest BCUT2D eigenvalue weighted by Crippen LogP contribution is 2.34. The molecule has 25 heavy (non-hydrogen) atoms. The van der Waals surface area contributed by atoms with Crippen LogP contribution in [0.3, 0.4) is 0 Å². The van der Waals surface area contributed by atoms with Crippen molar-refractivity contribution in [3.8, 4) is 5.75 Å². The summed E-state index contributed by atoms with van der Waals surface area (Å²) >= 11 is 1.62. The largest absolute Gasteiger partial charge is 0.496 e. The molecule has 0 spiro atoms. The summed E-state index contributed by atoms with van der Waals surface area (Å²) in [6.45, 7) is 0. The van der Waals surface area contributed by atoms with Gasteiger partial charge in [-0.25, -0.2) is 15.0 Å². The Labute approximate surface area is 149 Å². The minimum Gasteiger partial charge on any atom is -0.496 e. The zero-order chi connectivity index (χ0) is 17.2. The molecule has 1 atom stereocenters. The second-order valence-corrected chi connectivity index (χ2v) is 6.49. The topological polar surface area (TPSA) is 64.9 Å². The molecule has 6 nitrogen and oxygen atoms in total. The first-order chi connectivity index (χ1) is 12.3. The van der Waals surface area contributed by atoms with Crippen LogP contribution in [0.1, 0.15) is 17.4 Å². The van der Waals surface area contributed by atoms with Crippen LogP contribution >= 0.6 is 11.3 Å². The van der Waals surface area contributed by atoms with E-state index in [4.69, 9.17) is 4.74 Å². The van der Waals surface area contributed by atoms with Gasteiger partial charge in [-0.3, -0.25) is 0 Å². The van der Waals surface area contributed by atoms with Crippen LogP contribution in [0.15, 0.2) is 54.4 Å². The first kappa shape index (κ1) is 15.6. The van der Waals surface area contributed by atoms with Gasteiger partial charge in [-0.2, -0.15) is 0 Å². The van der Waals surface area contributed by atoms with E-state index >= 15 is 0 Å². The monoisotopic (exact) mass is 351 g/mol. The van der Waals surface area contributed by atoms with Crippen molar-refractivity contribution in [2.24, 2.45) is 7.05 Å². The third-order valence-electron chi connectivity index (χ3n) is 4.09. The maximum Gasteiger partial charge on any atom is 0.148 e. The van der Waals surface area contributed by atoms with Gasteiger partial charge in [0.2, 0.25) is 0 Å². The SMILES string of the molecule is COc1ccccc1[C@@H](Nc1ncnc2ccsc12)c1nccn1C. The predicted molar refractivity (Wildman–Crippen MR) is 99.1 cm³/mol. The molecule has 1 N–H and O–H groups in total. The Morgan fingerprint density at radius 3 is 2.84 bits per heavy atom. The molecule has 4 aromatic rings. The van der Waals surface area contributed by atoms with Crippen LogP contribution in [0.25, 0.3) is 10.2 Å². The molecule has 0 saturated heterocycles. The van der Waals surface area contributed by atoms with Gasteiger partial charge < -0.3 is 14.6 Å². The summed E-state index contributed by atoms with van der Waals surface area (Å²) in [6, 6.07) is 9.74. The molecule has 0 aliphatic rings. The van der Waals surface area contributed by atoms with Gasteiger partial charge in [-0.05, 0) is 17.5 Å². The summed E-state index contributed by atoms with van der Waals surface area (Å²) in [5.41, 5.74) is 1.93. The summed E-state index contributed by atoms with van der Waals surface area (Å²) in [4.78, 5) is 13.3. The highest BCUT2D eigenvalue weighted by molar-refractivity contribution is 7.17. The van der Waals surface area contributed by atoms with Crippen molar-refractivity contribution in [1.82, 2.24) is 19.5 Å². The van der Waals surface area contributed by atoms with Gasteiger partial charge in [0.05, 0.1) is 17.3 Å². The number of fused-ring (bicyclic) bond motifs is 1. The fourth-order valence-electron chi connectivity index (χ4n) is 2.87. The zero-order valence-electron chi connectivity index (χ0n) is 13.9. The van der Waals surface area contributed by atoms with Crippen LogP contribution in [0.4, 0.5) is 5.82 Å². The first-order valence-electron chi connectivity index (χ1n) is 7.83. The summed E-state index contributed by atoms with van der Waals surface area (Å²) in [7, 11) is 3.66. The lowest BCUT2D eigenvalue weighted by Gasteiger charge is -2.21. The number of imidazole rings is 1. The zero-order valence-corrected chi connectivity index (χ0v) is 14.7. The van der Waals surface area contributed by atoms with Crippen molar-refractivity contribution in [3.05, 3.63) is 65.8 Å².